The highest BCUT2D eigenvalue weighted by atomic mass is 16.2. The maximum Gasteiger partial charge on any atom is 0.332 e. The van der Waals surface area contributed by atoms with E-state index in [1.165, 1.54) is 29.6 Å². The fraction of sp³-hybridized carbons (Fsp3) is 0.462. The van der Waals surface area contributed by atoms with Gasteiger partial charge in [-0.05, 0) is 6.42 Å². The summed E-state index contributed by atoms with van der Waals surface area (Å²) in [5.74, 6) is -0.589. The Morgan fingerprint density at radius 3 is 2.57 bits per heavy atom. The topological polar surface area (TPSA) is 120 Å². The lowest BCUT2D eigenvalue weighted by atomic mass is 10.4. The first-order valence-electron chi connectivity index (χ1n) is 7.05. The molecule has 0 bridgehead atoms. The number of aryl methyl sites for hydroxylation is 1. The molecule has 3 amide bonds. The normalized spacial score (nSPS) is 10.7. The Hall–Kier alpha value is -2.91. The van der Waals surface area contributed by atoms with Gasteiger partial charge < -0.3 is 9.88 Å². The highest BCUT2D eigenvalue weighted by molar-refractivity contribution is 5.94. The van der Waals surface area contributed by atoms with Crippen LogP contribution >= 0.6 is 0 Å². The lowest BCUT2D eigenvalue weighted by molar-refractivity contribution is -0.120. The van der Waals surface area contributed by atoms with Gasteiger partial charge in [-0.2, -0.15) is 0 Å². The van der Waals surface area contributed by atoms with Gasteiger partial charge in [-0.3, -0.25) is 24.0 Å². The summed E-state index contributed by atoms with van der Waals surface area (Å²) in [4.78, 5) is 51.3. The molecule has 2 aromatic rings. The summed E-state index contributed by atoms with van der Waals surface area (Å²) >= 11 is 0. The highest BCUT2D eigenvalue weighted by Gasteiger charge is 2.16. The lowest BCUT2D eigenvalue weighted by Gasteiger charge is -2.07. The Kier molecular flexibility index (Phi) is 4.63. The van der Waals surface area contributed by atoms with Gasteiger partial charge in [0.05, 0.1) is 6.33 Å². The molecule has 0 spiro atoms. The average Bonchev–Trinajstić information content (AvgIpc) is 2.92. The van der Waals surface area contributed by atoms with E-state index in [0.29, 0.717) is 6.54 Å². The standard InChI is InChI=1S/C13H18N6O4/c1-4-5-14-12(22)16-8(20)6-19-7-15-10-9(19)11(21)18(3)13(23)17(10)2/h7H,4-6H2,1-3H3,(H2,14,16,20,22). The summed E-state index contributed by atoms with van der Waals surface area (Å²) < 4.78 is 3.46. The lowest BCUT2D eigenvalue weighted by Crippen LogP contribution is -2.41. The molecule has 0 atom stereocenters. The minimum absolute atomic E-state index is 0.124. The molecule has 0 fully saturated rings. The number of rotatable bonds is 4. The Balaban J connectivity index is 2.28. The fourth-order valence-corrected chi connectivity index (χ4v) is 2.12. The SMILES string of the molecule is CCCNC(=O)NC(=O)Cn1cnc2c1c(=O)n(C)c(=O)n2C. The first-order chi connectivity index (χ1) is 10.9. The maximum absolute atomic E-state index is 12.2. The molecule has 2 aromatic heterocycles. The molecule has 0 aliphatic rings. The Morgan fingerprint density at radius 1 is 1.22 bits per heavy atom. The van der Waals surface area contributed by atoms with Crippen molar-refractivity contribution >= 4 is 23.1 Å². The highest BCUT2D eigenvalue weighted by Crippen LogP contribution is 2.04. The number of imide groups is 1. The number of fused-ring (bicyclic) bond motifs is 1. The molecule has 0 radical (unpaired) electrons. The van der Waals surface area contributed by atoms with Crippen LogP contribution < -0.4 is 21.9 Å². The maximum atomic E-state index is 12.2. The van der Waals surface area contributed by atoms with Gasteiger partial charge in [0.1, 0.15) is 6.54 Å². The second-order valence-electron chi connectivity index (χ2n) is 5.05. The Labute approximate surface area is 130 Å². The smallest absolute Gasteiger partial charge is 0.332 e. The van der Waals surface area contributed by atoms with E-state index in [-0.39, 0.29) is 17.7 Å². The molecular weight excluding hydrogens is 304 g/mol. The molecule has 124 valence electrons. The zero-order valence-electron chi connectivity index (χ0n) is 13.1. The van der Waals surface area contributed by atoms with Crippen LogP contribution in [0.15, 0.2) is 15.9 Å². The summed E-state index contributed by atoms with van der Waals surface area (Å²) in [6.45, 7) is 2.08. The van der Waals surface area contributed by atoms with Crippen LogP contribution in [0.4, 0.5) is 4.79 Å². The summed E-state index contributed by atoms with van der Waals surface area (Å²) in [6.07, 6.45) is 2.03. The zero-order chi connectivity index (χ0) is 17.1. The molecule has 0 aromatic carbocycles. The first kappa shape index (κ1) is 16.5. The molecule has 0 aliphatic heterocycles. The van der Waals surface area contributed by atoms with Crippen LogP contribution in [-0.4, -0.2) is 37.2 Å². The van der Waals surface area contributed by atoms with Crippen LogP contribution in [0.5, 0.6) is 0 Å². The number of hydrogen-bond donors (Lipinski definition) is 2. The van der Waals surface area contributed by atoms with Crippen molar-refractivity contribution in [1.29, 1.82) is 0 Å². The number of carbonyl (C=O) groups is 2. The predicted molar refractivity (Wildman–Crippen MR) is 82.0 cm³/mol. The monoisotopic (exact) mass is 322 g/mol. The van der Waals surface area contributed by atoms with Crippen LogP contribution in [0, 0.1) is 0 Å². The van der Waals surface area contributed by atoms with Crippen LogP contribution in [0.3, 0.4) is 0 Å². The first-order valence-corrected chi connectivity index (χ1v) is 7.05. The molecular formula is C13H18N6O4. The van der Waals surface area contributed by atoms with Crippen molar-refractivity contribution in [3.63, 3.8) is 0 Å². The number of urea groups is 1. The molecule has 10 nitrogen and oxygen atoms in total. The minimum atomic E-state index is -0.596. The van der Waals surface area contributed by atoms with Crippen molar-refractivity contribution in [2.45, 2.75) is 19.9 Å². The number of imidazole rings is 1. The third-order valence-electron chi connectivity index (χ3n) is 3.32. The van der Waals surface area contributed by atoms with Gasteiger partial charge in [0.15, 0.2) is 11.2 Å². The van der Waals surface area contributed by atoms with Crippen molar-refractivity contribution < 1.29 is 9.59 Å². The zero-order valence-corrected chi connectivity index (χ0v) is 13.1. The van der Waals surface area contributed by atoms with Gasteiger partial charge in [0, 0.05) is 20.6 Å². The van der Waals surface area contributed by atoms with E-state index in [4.69, 9.17) is 0 Å². The van der Waals surface area contributed by atoms with Gasteiger partial charge in [-0.15, -0.1) is 0 Å². The molecule has 0 saturated carbocycles. The van der Waals surface area contributed by atoms with Gasteiger partial charge in [0.25, 0.3) is 5.56 Å². The van der Waals surface area contributed by atoms with Crippen molar-refractivity contribution in [2.24, 2.45) is 14.1 Å². The van der Waals surface area contributed by atoms with E-state index in [2.05, 4.69) is 15.6 Å². The molecule has 2 N–H and O–H groups in total. The minimum Gasteiger partial charge on any atom is -0.338 e. The van der Waals surface area contributed by atoms with Crippen LogP contribution in [0.2, 0.25) is 0 Å². The summed E-state index contributed by atoms with van der Waals surface area (Å²) in [5, 5.41) is 4.67. The molecule has 10 heteroatoms. The second kappa shape index (κ2) is 6.46. The van der Waals surface area contributed by atoms with E-state index in [1.54, 1.807) is 0 Å². The van der Waals surface area contributed by atoms with E-state index in [0.717, 1.165) is 11.0 Å². The number of hydrogen-bond acceptors (Lipinski definition) is 5. The molecule has 23 heavy (non-hydrogen) atoms. The van der Waals surface area contributed by atoms with E-state index >= 15 is 0 Å². The van der Waals surface area contributed by atoms with Crippen molar-refractivity contribution in [1.82, 2.24) is 29.3 Å². The molecule has 2 rings (SSSR count). The third kappa shape index (κ3) is 3.15. The van der Waals surface area contributed by atoms with E-state index in [9.17, 15) is 19.2 Å². The summed E-state index contributed by atoms with van der Waals surface area (Å²) in [7, 11) is 2.83. The van der Waals surface area contributed by atoms with E-state index in [1.807, 2.05) is 6.92 Å². The number of amides is 3. The van der Waals surface area contributed by atoms with Crippen molar-refractivity contribution in [3.8, 4) is 0 Å². The van der Waals surface area contributed by atoms with Crippen LogP contribution in [-0.2, 0) is 25.4 Å². The predicted octanol–water partition coefficient (Wildman–Crippen LogP) is -1.33. The van der Waals surface area contributed by atoms with Crippen LogP contribution in [0.1, 0.15) is 13.3 Å². The Bertz CT molecular complexity index is 875. The third-order valence-corrected chi connectivity index (χ3v) is 3.32. The largest absolute Gasteiger partial charge is 0.338 e. The summed E-state index contributed by atoms with van der Waals surface area (Å²) in [6, 6.07) is -0.596. The number of nitrogens with one attached hydrogen (secondary N) is 2. The van der Waals surface area contributed by atoms with Gasteiger partial charge in [-0.25, -0.2) is 14.6 Å². The van der Waals surface area contributed by atoms with Crippen molar-refractivity contribution in [2.75, 3.05) is 6.54 Å². The van der Waals surface area contributed by atoms with E-state index < -0.39 is 23.2 Å². The van der Waals surface area contributed by atoms with Crippen molar-refractivity contribution in [3.05, 3.63) is 27.2 Å². The van der Waals surface area contributed by atoms with Gasteiger partial charge in [0.2, 0.25) is 5.91 Å². The molecule has 0 saturated heterocycles. The number of aromatic nitrogens is 4. The fourth-order valence-electron chi connectivity index (χ4n) is 2.12. The average molecular weight is 322 g/mol. The molecule has 0 unspecified atom stereocenters. The summed E-state index contributed by atoms with van der Waals surface area (Å²) in [5.41, 5.74) is -0.750. The number of carbonyl (C=O) groups excluding carboxylic acids is 2. The van der Waals surface area contributed by atoms with Gasteiger partial charge >= 0.3 is 11.7 Å². The second-order valence-corrected chi connectivity index (χ2v) is 5.05. The van der Waals surface area contributed by atoms with Gasteiger partial charge in [-0.1, -0.05) is 6.92 Å². The van der Waals surface area contributed by atoms with Crippen LogP contribution in [0.25, 0.3) is 11.2 Å². The number of nitrogens with zero attached hydrogens (tertiary/aromatic N) is 4. The quantitative estimate of drug-likeness (QED) is 0.722. The Morgan fingerprint density at radius 2 is 1.91 bits per heavy atom. The molecule has 0 aliphatic carbocycles. The molecule has 2 heterocycles.